The van der Waals surface area contributed by atoms with E-state index in [0.29, 0.717) is 11.8 Å². The third kappa shape index (κ3) is 2.72. The molecule has 19 heavy (non-hydrogen) atoms. The fourth-order valence-electron chi connectivity index (χ4n) is 2.33. The van der Waals surface area contributed by atoms with Gasteiger partial charge in [-0.05, 0) is 23.0 Å². The topological polar surface area (TPSA) is 58.6 Å². The number of aliphatic hydroxyl groups is 1. The van der Waals surface area contributed by atoms with Gasteiger partial charge in [-0.15, -0.1) is 0 Å². The summed E-state index contributed by atoms with van der Waals surface area (Å²) in [6, 6.07) is 8.84. The number of allylic oxidation sites excluding steroid dienone is 1. The van der Waals surface area contributed by atoms with Gasteiger partial charge in [0, 0.05) is 0 Å². The molecule has 0 aromatic heterocycles. The maximum Gasteiger partial charge on any atom is 0.407 e. The van der Waals surface area contributed by atoms with Crippen LogP contribution in [0.15, 0.2) is 41.7 Å². The third-order valence-corrected chi connectivity index (χ3v) is 3.77. The molecule has 1 saturated carbocycles. The lowest BCUT2D eigenvalue weighted by atomic mass is 10.0. The first kappa shape index (κ1) is 13.5. The van der Waals surface area contributed by atoms with E-state index in [0.717, 1.165) is 11.1 Å². The zero-order valence-corrected chi connectivity index (χ0v) is 11.4. The minimum atomic E-state index is -0.554. The molecule has 3 atom stereocenters. The Bertz CT molecular complexity index is 485. The molecule has 1 amide bonds. The first-order chi connectivity index (χ1) is 9.06. The Morgan fingerprint density at radius 2 is 1.84 bits per heavy atom. The largest absolute Gasteiger partial charge is 0.510 e. The first-order valence-corrected chi connectivity index (χ1v) is 6.38. The molecule has 1 aromatic carbocycles. The zero-order valence-electron chi connectivity index (χ0n) is 11.4. The minimum Gasteiger partial charge on any atom is -0.510 e. The van der Waals surface area contributed by atoms with Crippen LogP contribution >= 0.6 is 0 Å². The van der Waals surface area contributed by atoms with Gasteiger partial charge in [0.05, 0.1) is 7.11 Å². The number of benzene rings is 1. The van der Waals surface area contributed by atoms with Gasteiger partial charge in [-0.3, -0.25) is 0 Å². The summed E-state index contributed by atoms with van der Waals surface area (Å²) >= 11 is 0. The smallest absolute Gasteiger partial charge is 0.407 e. The van der Waals surface area contributed by atoms with Crippen molar-refractivity contribution in [1.29, 1.82) is 0 Å². The van der Waals surface area contributed by atoms with Gasteiger partial charge in [0.25, 0.3) is 0 Å². The standard InChI is InChI=1S/C15H19NO3/c1-9-10(2)12(9)14(17)13(16-15(18)19-3)11-7-5-4-6-8-11/h4-10,13,17H,1-3H3,(H,16,18)/t9?,10?,13-/m0/s1. The van der Waals surface area contributed by atoms with E-state index in [1.54, 1.807) is 0 Å². The number of methoxy groups -OCH3 is 1. The van der Waals surface area contributed by atoms with Crippen LogP contribution in [0.2, 0.25) is 0 Å². The molecular weight excluding hydrogens is 242 g/mol. The van der Waals surface area contributed by atoms with E-state index in [2.05, 4.69) is 23.9 Å². The quantitative estimate of drug-likeness (QED) is 0.821. The second-order valence-corrected chi connectivity index (χ2v) is 4.90. The van der Waals surface area contributed by atoms with Crippen molar-refractivity contribution in [2.45, 2.75) is 19.9 Å². The molecule has 4 heteroatoms. The SMILES string of the molecule is COC(=O)N[C@H](C(O)=C1C(C)C1C)c1ccccc1. The molecule has 1 aliphatic carbocycles. The lowest BCUT2D eigenvalue weighted by Crippen LogP contribution is -2.29. The van der Waals surface area contributed by atoms with Crippen LogP contribution in [0.5, 0.6) is 0 Å². The van der Waals surface area contributed by atoms with Crippen molar-refractivity contribution in [3.05, 3.63) is 47.2 Å². The van der Waals surface area contributed by atoms with Crippen LogP contribution in [0.1, 0.15) is 25.5 Å². The molecule has 0 aliphatic heterocycles. The van der Waals surface area contributed by atoms with Crippen molar-refractivity contribution in [1.82, 2.24) is 5.32 Å². The number of carbonyl (C=O) groups is 1. The number of carbonyl (C=O) groups excluding carboxylic acids is 1. The Balaban J connectivity index is 2.31. The monoisotopic (exact) mass is 261 g/mol. The van der Waals surface area contributed by atoms with Crippen LogP contribution < -0.4 is 5.32 Å². The third-order valence-electron chi connectivity index (χ3n) is 3.77. The van der Waals surface area contributed by atoms with Crippen molar-refractivity contribution in [3.63, 3.8) is 0 Å². The van der Waals surface area contributed by atoms with Gasteiger partial charge in [-0.25, -0.2) is 4.79 Å². The van der Waals surface area contributed by atoms with Gasteiger partial charge in [-0.2, -0.15) is 0 Å². The number of amides is 1. The number of aliphatic hydroxyl groups excluding tert-OH is 1. The normalized spacial score (nSPS) is 22.6. The second-order valence-electron chi connectivity index (χ2n) is 4.90. The van der Waals surface area contributed by atoms with Gasteiger partial charge in [-0.1, -0.05) is 44.2 Å². The zero-order chi connectivity index (χ0) is 14.0. The van der Waals surface area contributed by atoms with Crippen molar-refractivity contribution < 1.29 is 14.6 Å². The van der Waals surface area contributed by atoms with Gasteiger partial charge >= 0.3 is 6.09 Å². The Labute approximate surface area is 113 Å². The van der Waals surface area contributed by atoms with Crippen LogP contribution in [0, 0.1) is 11.8 Å². The van der Waals surface area contributed by atoms with E-state index in [1.165, 1.54) is 7.11 Å². The summed E-state index contributed by atoms with van der Waals surface area (Å²) in [6.07, 6.45) is -0.554. The van der Waals surface area contributed by atoms with Crippen molar-refractivity contribution >= 4 is 6.09 Å². The van der Waals surface area contributed by atoms with E-state index in [9.17, 15) is 9.90 Å². The molecule has 2 unspecified atom stereocenters. The molecule has 0 bridgehead atoms. The lowest BCUT2D eigenvalue weighted by molar-refractivity contribution is 0.164. The van der Waals surface area contributed by atoms with E-state index in [4.69, 9.17) is 0 Å². The van der Waals surface area contributed by atoms with Crippen molar-refractivity contribution in [2.75, 3.05) is 7.11 Å². The number of rotatable bonds is 3. The van der Waals surface area contributed by atoms with Crippen LogP contribution in [-0.4, -0.2) is 18.3 Å². The van der Waals surface area contributed by atoms with Gasteiger partial charge in [0.2, 0.25) is 0 Å². The molecule has 4 nitrogen and oxygen atoms in total. The highest BCUT2D eigenvalue weighted by atomic mass is 16.5. The highest BCUT2D eigenvalue weighted by Crippen LogP contribution is 2.48. The summed E-state index contributed by atoms with van der Waals surface area (Å²) in [5.41, 5.74) is 1.84. The molecule has 1 aliphatic rings. The molecule has 0 spiro atoms. The van der Waals surface area contributed by atoms with E-state index < -0.39 is 12.1 Å². The highest BCUT2D eigenvalue weighted by Gasteiger charge is 2.41. The Kier molecular flexibility index (Phi) is 3.79. The number of hydrogen-bond donors (Lipinski definition) is 2. The summed E-state index contributed by atoms with van der Waals surface area (Å²) in [5, 5.41) is 13.1. The number of hydrogen-bond acceptors (Lipinski definition) is 3. The molecule has 102 valence electrons. The van der Waals surface area contributed by atoms with Crippen molar-refractivity contribution in [3.8, 4) is 0 Å². The summed E-state index contributed by atoms with van der Waals surface area (Å²) < 4.78 is 4.62. The van der Waals surface area contributed by atoms with Crippen LogP contribution in [-0.2, 0) is 4.74 Å². The Morgan fingerprint density at radius 3 is 2.32 bits per heavy atom. The average Bonchev–Trinajstić information content (AvgIpc) is 3.03. The summed E-state index contributed by atoms with van der Waals surface area (Å²) in [4.78, 5) is 11.4. The van der Waals surface area contributed by atoms with E-state index in [1.807, 2.05) is 30.3 Å². The molecule has 2 rings (SSSR count). The minimum absolute atomic E-state index is 0.233. The Hall–Kier alpha value is -1.97. The van der Waals surface area contributed by atoms with Gasteiger partial charge in [0.15, 0.2) is 0 Å². The van der Waals surface area contributed by atoms with Gasteiger partial charge < -0.3 is 15.2 Å². The fourth-order valence-corrected chi connectivity index (χ4v) is 2.33. The maximum atomic E-state index is 11.4. The second kappa shape index (κ2) is 5.34. The van der Waals surface area contributed by atoms with E-state index in [-0.39, 0.29) is 5.76 Å². The molecule has 1 aromatic rings. The molecule has 0 saturated heterocycles. The Morgan fingerprint density at radius 1 is 1.26 bits per heavy atom. The molecule has 0 radical (unpaired) electrons. The van der Waals surface area contributed by atoms with E-state index >= 15 is 0 Å². The van der Waals surface area contributed by atoms with Crippen LogP contribution in [0.3, 0.4) is 0 Å². The molecule has 2 N–H and O–H groups in total. The van der Waals surface area contributed by atoms with Crippen LogP contribution in [0.4, 0.5) is 4.79 Å². The predicted molar refractivity (Wildman–Crippen MR) is 72.7 cm³/mol. The number of ether oxygens (including phenoxy) is 1. The fraction of sp³-hybridized carbons (Fsp3) is 0.400. The maximum absolute atomic E-state index is 11.4. The van der Waals surface area contributed by atoms with Gasteiger partial charge in [0.1, 0.15) is 11.8 Å². The summed E-state index contributed by atoms with van der Waals surface area (Å²) in [5.74, 6) is 0.966. The highest BCUT2D eigenvalue weighted by molar-refractivity contribution is 5.68. The first-order valence-electron chi connectivity index (χ1n) is 6.38. The lowest BCUT2D eigenvalue weighted by Gasteiger charge is -2.18. The molecule has 1 fully saturated rings. The summed E-state index contributed by atoms with van der Waals surface area (Å²) in [6.45, 7) is 4.13. The number of alkyl carbamates (subject to hydrolysis) is 1. The molecular formula is C15H19NO3. The van der Waals surface area contributed by atoms with Crippen molar-refractivity contribution in [2.24, 2.45) is 11.8 Å². The summed E-state index contributed by atoms with van der Waals surface area (Å²) in [7, 11) is 1.31. The number of nitrogens with one attached hydrogen (secondary N) is 1. The average molecular weight is 261 g/mol. The predicted octanol–water partition coefficient (Wildman–Crippen LogP) is 3.18. The molecule has 0 heterocycles. The van der Waals surface area contributed by atoms with Crippen LogP contribution in [0.25, 0.3) is 0 Å².